The molecule has 0 bridgehead atoms. The number of hydrogen-bond donors (Lipinski definition) is 0. The summed E-state index contributed by atoms with van der Waals surface area (Å²) in [6, 6.07) is 9.98. The second kappa shape index (κ2) is 8.06. The lowest BCUT2D eigenvalue weighted by molar-refractivity contribution is 0.158. The first-order valence-corrected chi connectivity index (χ1v) is 8.83. The van der Waals surface area contributed by atoms with Gasteiger partial charge in [-0.1, -0.05) is 66.4 Å². The van der Waals surface area contributed by atoms with Crippen LogP contribution in [-0.4, -0.2) is 22.8 Å². The molecule has 0 radical (unpaired) electrons. The second-order valence-electron chi connectivity index (χ2n) is 5.62. The molecule has 1 saturated carbocycles. The highest BCUT2D eigenvalue weighted by molar-refractivity contribution is 9.09. The first-order chi connectivity index (χ1) is 9.33. The molecule has 0 amide bonds. The lowest BCUT2D eigenvalue weighted by Gasteiger charge is -2.34. The number of halogens is 1. The predicted molar refractivity (Wildman–Crippen MR) is 86.9 cm³/mol. The topological polar surface area (TPSA) is 3.24 Å². The van der Waals surface area contributed by atoms with Crippen molar-refractivity contribution in [1.82, 2.24) is 4.90 Å². The normalized spacial score (nSPS) is 17.0. The van der Waals surface area contributed by atoms with Gasteiger partial charge in [0, 0.05) is 24.5 Å². The zero-order valence-electron chi connectivity index (χ0n) is 12.1. The molecule has 1 aliphatic rings. The molecule has 1 aromatic carbocycles. The lowest BCUT2D eigenvalue weighted by atomic mass is 9.94. The Bertz CT molecular complexity index is 354. The first-order valence-electron chi connectivity index (χ1n) is 7.71. The van der Waals surface area contributed by atoms with Crippen LogP contribution in [0.2, 0.25) is 0 Å². The lowest BCUT2D eigenvalue weighted by Crippen LogP contribution is -2.37. The van der Waals surface area contributed by atoms with Gasteiger partial charge in [0.1, 0.15) is 0 Å². The van der Waals surface area contributed by atoms with Gasteiger partial charge in [-0.05, 0) is 30.4 Å². The van der Waals surface area contributed by atoms with Crippen molar-refractivity contribution >= 4 is 15.9 Å². The SMILES string of the molecule is CCc1ccc(CN(CCBr)C2CCCCC2)cc1. The van der Waals surface area contributed by atoms with Crippen molar-refractivity contribution in [2.45, 2.75) is 58.0 Å². The van der Waals surface area contributed by atoms with E-state index in [9.17, 15) is 0 Å². The van der Waals surface area contributed by atoms with E-state index in [0.29, 0.717) is 0 Å². The van der Waals surface area contributed by atoms with Crippen LogP contribution in [0.15, 0.2) is 24.3 Å². The Morgan fingerprint density at radius 1 is 1.05 bits per heavy atom. The van der Waals surface area contributed by atoms with Crippen molar-refractivity contribution < 1.29 is 0 Å². The minimum absolute atomic E-state index is 0.803. The quantitative estimate of drug-likeness (QED) is 0.681. The van der Waals surface area contributed by atoms with Gasteiger partial charge in [0.25, 0.3) is 0 Å². The molecule has 0 aliphatic heterocycles. The van der Waals surface area contributed by atoms with E-state index < -0.39 is 0 Å². The maximum absolute atomic E-state index is 3.61. The summed E-state index contributed by atoms with van der Waals surface area (Å²) >= 11 is 3.61. The molecule has 0 unspecified atom stereocenters. The number of benzene rings is 1. The third-order valence-corrected chi connectivity index (χ3v) is 4.63. The molecule has 0 saturated heterocycles. The average Bonchev–Trinajstić information content (AvgIpc) is 2.48. The van der Waals surface area contributed by atoms with Crippen LogP contribution >= 0.6 is 15.9 Å². The smallest absolute Gasteiger partial charge is 0.0237 e. The largest absolute Gasteiger partial charge is 0.295 e. The number of aryl methyl sites for hydroxylation is 1. The molecule has 1 fully saturated rings. The van der Waals surface area contributed by atoms with Crippen LogP contribution < -0.4 is 0 Å². The molecular formula is C17H26BrN. The summed E-state index contributed by atoms with van der Waals surface area (Å²) in [5.74, 6) is 0. The van der Waals surface area contributed by atoms with Crippen molar-refractivity contribution in [2.75, 3.05) is 11.9 Å². The van der Waals surface area contributed by atoms with Gasteiger partial charge in [0.05, 0.1) is 0 Å². The van der Waals surface area contributed by atoms with Gasteiger partial charge < -0.3 is 0 Å². The zero-order chi connectivity index (χ0) is 13.5. The molecule has 0 spiro atoms. The van der Waals surface area contributed by atoms with Gasteiger partial charge in [-0.2, -0.15) is 0 Å². The minimum atomic E-state index is 0.803. The van der Waals surface area contributed by atoms with E-state index in [2.05, 4.69) is 52.0 Å². The van der Waals surface area contributed by atoms with E-state index in [1.807, 2.05) is 0 Å². The van der Waals surface area contributed by atoms with Gasteiger partial charge in [-0.25, -0.2) is 0 Å². The first kappa shape index (κ1) is 15.1. The van der Waals surface area contributed by atoms with Crippen molar-refractivity contribution in [3.63, 3.8) is 0 Å². The molecule has 2 heteroatoms. The van der Waals surface area contributed by atoms with E-state index >= 15 is 0 Å². The summed E-state index contributed by atoms with van der Waals surface area (Å²) in [5, 5.41) is 1.08. The number of alkyl halides is 1. The maximum atomic E-state index is 3.61. The zero-order valence-corrected chi connectivity index (χ0v) is 13.7. The maximum Gasteiger partial charge on any atom is 0.0237 e. The van der Waals surface area contributed by atoms with Crippen molar-refractivity contribution in [3.8, 4) is 0 Å². The number of hydrogen-bond acceptors (Lipinski definition) is 1. The monoisotopic (exact) mass is 323 g/mol. The highest BCUT2D eigenvalue weighted by Gasteiger charge is 2.20. The Labute approximate surface area is 126 Å². The van der Waals surface area contributed by atoms with Gasteiger partial charge in [-0.15, -0.1) is 0 Å². The Kier molecular flexibility index (Phi) is 6.39. The van der Waals surface area contributed by atoms with E-state index in [-0.39, 0.29) is 0 Å². The van der Waals surface area contributed by atoms with Gasteiger partial charge in [0.15, 0.2) is 0 Å². The summed E-state index contributed by atoms with van der Waals surface area (Å²) in [6.07, 6.45) is 8.18. The van der Waals surface area contributed by atoms with Crippen LogP contribution in [0.25, 0.3) is 0 Å². The van der Waals surface area contributed by atoms with Crippen LogP contribution in [0, 0.1) is 0 Å². The van der Waals surface area contributed by atoms with Gasteiger partial charge in [-0.3, -0.25) is 4.90 Å². The Morgan fingerprint density at radius 2 is 1.68 bits per heavy atom. The molecular weight excluding hydrogens is 298 g/mol. The summed E-state index contributed by atoms with van der Waals surface area (Å²) in [6.45, 7) is 4.49. The molecule has 1 aliphatic carbocycles. The fraction of sp³-hybridized carbons (Fsp3) is 0.647. The molecule has 19 heavy (non-hydrogen) atoms. The third kappa shape index (κ3) is 4.61. The fourth-order valence-corrected chi connectivity index (χ4v) is 3.52. The molecule has 0 heterocycles. The molecule has 2 rings (SSSR count). The van der Waals surface area contributed by atoms with E-state index in [1.165, 1.54) is 49.8 Å². The predicted octanol–water partition coefficient (Wildman–Crippen LogP) is 4.78. The molecule has 106 valence electrons. The Hall–Kier alpha value is -0.340. The Balaban J connectivity index is 1.97. The van der Waals surface area contributed by atoms with Crippen LogP contribution in [0.4, 0.5) is 0 Å². The Morgan fingerprint density at radius 3 is 2.26 bits per heavy atom. The van der Waals surface area contributed by atoms with Crippen molar-refractivity contribution in [1.29, 1.82) is 0 Å². The summed E-state index contributed by atoms with van der Waals surface area (Å²) in [7, 11) is 0. The van der Waals surface area contributed by atoms with Crippen LogP contribution in [0.5, 0.6) is 0 Å². The molecule has 0 aromatic heterocycles. The summed E-state index contributed by atoms with van der Waals surface area (Å²) in [5.41, 5.74) is 2.90. The standard InChI is InChI=1S/C17H26BrN/c1-2-15-8-10-16(11-9-15)14-19(13-12-18)17-6-4-3-5-7-17/h8-11,17H,2-7,12-14H2,1H3. The van der Waals surface area contributed by atoms with Crippen molar-refractivity contribution in [3.05, 3.63) is 35.4 Å². The van der Waals surface area contributed by atoms with E-state index in [1.54, 1.807) is 0 Å². The average molecular weight is 324 g/mol. The molecule has 0 N–H and O–H groups in total. The van der Waals surface area contributed by atoms with E-state index in [4.69, 9.17) is 0 Å². The summed E-state index contributed by atoms with van der Waals surface area (Å²) in [4.78, 5) is 2.68. The van der Waals surface area contributed by atoms with Crippen LogP contribution in [-0.2, 0) is 13.0 Å². The molecule has 1 aromatic rings. The highest BCUT2D eigenvalue weighted by atomic mass is 79.9. The van der Waals surface area contributed by atoms with Crippen molar-refractivity contribution in [2.24, 2.45) is 0 Å². The second-order valence-corrected chi connectivity index (χ2v) is 6.41. The van der Waals surface area contributed by atoms with E-state index in [0.717, 1.165) is 24.3 Å². The van der Waals surface area contributed by atoms with Crippen LogP contribution in [0.1, 0.15) is 50.2 Å². The summed E-state index contributed by atoms with van der Waals surface area (Å²) < 4.78 is 0. The fourth-order valence-electron chi connectivity index (χ4n) is 3.06. The minimum Gasteiger partial charge on any atom is -0.295 e. The highest BCUT2D eigenvalue weighted by Crippen LogP contribution is 2.24. The molecule has 0 atom stereocenters. The van der Waals surface area contributed by atoms with Crippen LogP contribution in [0.3, 0.4) is 0 Å². The number of nitrogens with zero attached hydrogens (tertiary/aromatic N) is 1. The van der Waals surface area contributed by atoms with Gasteiger partial charge in [0.2, 0.25) is 0 Å². The third-order valence-electron chi connectivity index (χ3n) is 4.28. The number of rotatable bonds is 6. The van der Waals surface area contributed by atoms with Gasteiger partial charge >= 0.3 is 0 Å². The molecule has 1 nitrogen and oxygen atoms in total.